The van der Waals surface area contributed by atoms with Crippen LogP contribution in [-0.4, -0.2) is 51.3 Å². The number of carbonyl (C=O) groups is 2. The molecular formula is C27H33N3O4S. The lowest BCUT2D eigenvalue weighted by Gasteiger charge is -2.30. The van der Waals surface area contributed by atoms with Crippen LogP contribution in [0.25, 0.3) is 0 Å². The van der Waals surface area contributed by atoms with Crippen LogP contribution in [0.3, 0.4) is 0 Å². The van der Waals surface area contributed by atoms with E-state index < -0.39 is 10.0 Å². The molecule has 0 aliphatic carbocycles. The molecule has 2 aromatic rings. The van der Waals surface area contributed by atoms with Gasteiger partial charge in [-0.25, -0.2) is 8.42 Å². The summed E-state index contributed by atoms with van der Waals surface area (Å²) in [7, 11) is -3.69. The zero-order valence-electron chi connectivity index (χ0n) is 20.3. The van der Waals surface area contributed by atoms with Gasteiger partial charge in [-0.3, -0.25) is 13.9 Å². The van der Waals surface area contributed by atoms with Crippen LogP contribution >= 0.6 is 0 Å². The van der Waals surface area contributed by atoms with Crippen LogP contribution in [0.2, 0.25) is 0 Å². The maximum absolute atomic E-state index is 13.5. The lowest BCUT2D eigenvalue weighted by molar-refractivity contribution is -0.134. The van der Waals surface area contributed by atoms with Crippen molar-refractivity contribution >= 4 is 33.2 Å². The number of piperidine rings is 1. The summed E-state index contributed by atoms with van der Waals surface area (Å²) in [6, 6.07) is 12.7. The van der Waals surface area contributed by atoms with Crippen LogP contribution in [0.1, 0.15) is 50.2 Å². The first kappa shape index (κ1) is 23.9. The first-order valence-electron chi connectivity index (χ1n) is 12.7. The van der Waals surface area contributed by atoms with Gasteiger partial charge in [0.1, 0.15) is 0 Å². The van der Waals surface area contributed by atoms with Gasteiger partial charge in [-0.05, 0) is 73.4 Å². The van der Waals surface area contributed by atoms with Crippen molar-refractivity contribution in [2.24, 2.45) is 5.92 Å². The number of likely N-dealkylation sites (tertiary alicyclic amines) is 1. The number of hydrogen-bond acceptors (Lipinski definition) is 4. The molecule has 7 nitrogen and oxygen atoms in total. The highest BCUT2D eigenvalue weighted by Crippen LogP contribution is 2.35. The van der Waals surface area contributed by atoms with Crippen molar-refractivity contribution in [1.29, 1.82) is 0 Å². The Morgan fingerprint density at radius 1 is 0.857 bits per heavy atom. The molecule has 0 atom stereocenters. The lowest BCUT2D eigenvalue weighted by Crippen LogP contribution is -2.38. The van der Waals surface area contributed by atoms with Crippen LogP contribution < -0.4 is 9.21 Å². The van der Waals surface area contributed by atoms with E-state index in [1.165, 1.54) is 4.31 Å². The second-order valence-corrected chi connectivity index (χ2v) is 11.8. The number of rotatable bonds is 5. The van der Waals surface area contributed by atoms with Gasteiger partial charge in [0.15, 0.2) is 0 Å². The Morgan fingerprint density at radius 2 is 1.60 bits per heavy atom. The summed E-state index contributed by atoms with van der Waals surface area (Å²) in [5.74, 6) is 0.621. The minimum atomic E-state index is -3.69. The van der Waals surface area contributed by atoms with E-state index in [9.17, 15) is 18.0 Å². The molecule has 0 aromatic heterocycles. The smallest absolute Gasteiger partial charge is 0.264 e. The zero-order valence-corrected chi connectivity index (χ0v) is 21.1. The average molecular weight is 496 g/mol. The monoisotopic (exact) mass is 495 g/mol. The van der Waals surface area contributed by atoms with Gasteiger partial charge in [-0.2, -0.15) is 0 Å². The maximum Gasteiger partial charge on any atom is 0.264 e. The molecule has 0 spiro atoms. The molecule has 1 saturated heterocycles. The zero-order chi connectivity index (χ0) is 24.6. The van der Waals surface area contributed by atoms with E-state index in [-0.39, 0.29) is 29.6 Å². The topological polar surface area (TPSA) is 78.0 Å². The Hall–Kier alpha value is -2.87. The molecular weight excluding hydrogens is 462 g/mol. The molecule has 3 aliphatic rings. The van der Waals surface area contributed by atoms with Crippen LogP contribution in [0, 0.1) is 5.92 Å². The molecule has 0 N–H and O–H groups in total. The standard InChI is InChI=1S/C27H33N3O4S/c1-20-12-16-28(17-13-20)26(31)10-11-27(32)29-18-14-22-19-23(8-9-24(22)29)35(33,34)30-15-4-6-21-5-2-3-7-25(21)30/h2-3,5,7-9,19-20H,4,6,10-18H2,1H3. The third-order valence-corrected chi connectivity index (χ3v) is 9.40. The number of carbonyl (C=O) groups excluding carboxylic acids is 2. The summed E-state index contributed by atoms with van der Waals surface area (Å²) in [6.07, 6.45) is 4.72. The van der Waals surface area contributed by atoms with Gasteiger partial charge in [0.2, 0.25) is 11.8 Å². The number of aryl methyl sites for hydroxylation is 1. The molecule has 3 heterocycles. The Kier molecular flexibility index (Phi) is 6.57. The van der Waals surface area contributed by atoms with E-state index in [0.29, 0.717) is 25.4 Å². The summed E-state index contributed by atoms with van der Waals surface area (Å²) in [5.41, 5.74) is 3.42. The fourth-order valence-corrected chi connectivity index (χ4v) is 7.03. The number of nitrogens with zero attached hydrogens (tertiary/aromatic N) is 3. The van der Waals surface area contributed by atoms with Crippen molar-refractivity contribution in [1.82, 2.24) is 4.90 Å². The Morgan fingerprint density at radius 3 is 2.40 bits per heavy atom. The summed E-state index contributed by atoms with van der Waals surface area (Å²) in [4.78, 5) is 29.3. The highest BCUT2D eigenvalue weighted by molar-refractivity contribution is 7.92. The number of sulfonamides is 1. The number of fused-ring (bicyclic) bond motifs is 2. The molecule has 0 saturated carbocycles. The van der Waals surface area contributed by atoms with Gasteiger partial charge in [-0.15, -0.1) is 0 Å². The quantitative estimate of drug-likeness (QED) is 0.633. The molecule has 186 valence electrons. The van der Waals surface area contributed by atoms with Gasteiger partial charge in [0.25, 0.3) is 10.0 Å². The van der Waals surface area contributed by atoms with E-state index in [1.807, 2.05) is 29.2 Å². The van der Waals surface area contributed by atoms with Crippen LogP contribution in [0.15, 0.2) is 47.4 Å². The summed E-state index contributed by atoms with van der Waals surface area (Å²) in [5, 5.41) is 0. The maximum atomic E-state index is 13.5. The summed E-state index contributed by atoms with van der Waals surface area (Å²) >= 11 is 0. The van der Waals surface area contributed by atoms with Crippen molar-refractivity contribution in [2.75, 3.05) is 35.4 Å². The molecule has 0 radical (unpaired) electrons. The van der Waals surface area contributed by atoms with Crippen molar-refractivity contribution in [3.8, 4) is 0 Å². The molecule has 5 rings (SSSR count). The van der Waals surface area contributed by atoms with Gasteiger partial charge in [0, 0.05) is 44.7 Å². The number of amides is 2. The minimum absolute atomic E-state index is 0.0490. The Bertz CT molecular complexity index is 1230. The first-order valence-corrected chi connectivity index (χ1v) is 14.1. The Labute approximate surface area is 207 Å². The fourth-order valence-electron chi connectivity index (χ4n) is 5.44. The van der Waals surface area contributed by atoms with Crippen molar-refractivity contribution in [3.05, 3.63) is 53.6 Å². The largest absolute Gasteiger partial charge is 0.343 e. The highest BCUT2D eigenvalue weighted by Gasteiger charge is 2.32. The van der Waals surface area contributed by atoms with Crippen molar-refractivity contribution in [3.63, 3.8) is 0 Å². The SMILES string of the molecule is CC1CCN(C(=O)CCC(=O)N2CCc3cc(S(=O)(=O)N4CCCc5ccccc54)ccc32)CC1. The minimum Gasteiger partial charge on any atom is -0.343 e. The third-order valence-electron chi connectivity index (χ3n) is 7.59. The highest BCUT2D eigenvalue weighted by atomic mass is 32.2. The van der Waals surface area contributed by atoms with Gasteiger partial charge in [-0.1, -0.05) is 25.1 Å². The summed E-state index contributed by atoms with van der Waals surface area (Å²) in [6.45, 7) is 4.74. The van der Waals surface area contributed by atoms with Crippen LogP contribution in [-0.2, 0) is 32.5 Å². The normalized spacial score (nSPS) is 18.4. The third kappa shape index (κ3) is 4.68. The number of benzene rings is 2. The summed E-state index contributed by atoms with van der Waals surface area (Å²) < 4.78 is 28.5. The fraction of sp³-hybridized carbons (Fsp3) is 0.481. The first-order chi connectivity index (χ1) is 16.8. The number of hydrogen-bond donors (Lipinski definition) is 0. The van der Waals surface area contributed by atoms with Gasteiger partial charge in [0.05, 0.1) is 10.6 Å². The second-order valence-electron chi connectivity index (χ2n) is 9.96. The molecule has 2 amide bonds. The molecule has 2 aromatic carbocycles. The number of para-hydroxylation sites is 1. The Balaban J connectivity index is 1.27. The lowest BCUT2D eigenvalue weighted by atomic mass is 9.99. The van der Waals surface area contributed by atoms with E-state index in [0.717, 1.165) is 61.3 Å². The molecule has 0 bridgehead atoms. The molecule has 35 heavy (non-hydrogen) atoms. The van der Waals surface area contributed by atoms with Crippen LogP contribution in [0.4, 0.5) is 11.4 Å². The van der Waals surface area contributed by atoms with Crippen molar-refractivity contribution in [2.45, 2.75) is 56.8 Å². The van der Waals surface area contributed by atoms with Gasteiger partial charge < -0.3 is 9.80 Å². The average Bonchev–Trinajstić information content (AvgIpc) is 3.30. The molecule has 3 aliphatic heterocycles. The van der Waals surface area contributed by atoms with E-state index in [1.54, 1.807) is 23.1 Å². The molecule has 0 unspecified atom stereocenters. The molecule has 1 fully saturated rings. The van der Waals surface area contributed by atoms with Crippen molar-refractivity contribution < 1.29 is 18.0 Å². The predicted octanol–water partition coefficient (Wildman–Crippen LogP) is 3.76. The molecule has 8 heteroatoms. The second kappa shape index (κ2) is 9.64. The van der Waals surface area contributed by atoms with E-state index in [4.69, 9.17) is 0 Å². The predicted molar refractivity (Wildman–Crippen MR) is 136 cm³/mol. The van der Waals surface area contributed by atoms with Crippen LogP contribution in [0.5, 0.6) is 0 Å². The van der Waals surface area contributed by atoms with Gasteiger partial charge >= 0.3 is 0 Å². The van der Waals surface area contributed by atoms with E-state index in [2.05, 4.69) is 6.92 Å². The van der Waals surface area contributed by atoms with E-state index >= 15 is 0 Å². The number of anilines is 2.